The lowest BCUT2D eigenvalue weighted by Crippen LogP contribution is -2.56. The van der Waals surface area contributed by atoms with Gasteiger partial charge in [0.1, 0.15) is 12.6 Å². The smallest absolute Gasteiger partial charge is 0.251 e. The van der Waals surface area contributed by atoms with E-state index in [1.807, 2.05) is 24.3 Å². The second-order valence-corrected chi connectivity index (χ2v) is 10.9. The monoisotopic (exact) mass is 495 g/mol. The summed E-state index contributed by atoms with van der Waals surface area (Å²) in [5.74, 6) is 0.0259. The van der Waals surface area contributed by atoms with Gasteiger partial charge >= 0.3 is 0 Å². The molecule has 0 spiro atoms. The number of hydrogen-bond acceptors (Lipinski definition) is 5. The number of amides is 3. The minimum atomic E-state index is -0.280. The molecule has 0 aromatic heterocycles. The van der Waals surface area contributed by atoms with Gasteiger partial charge in [-0.2, -0.15) is 0 Å². The highest BCUT2D eigenvalue weighted by Gasteiger charge is 2.41. The first-order chi connectivity index (χ1) is 17.6. The van der Waals surface area contributed by atoms with Gasteiger partial charge in [0.2, 0.25) is 11.8 Å². The largest absolute Gasteiger partial charge is 0.352 e. The number of hydrogen-bond donors (Lipinski definition) is 1. The van der Waals surface area contributed by atoms with E-state index in [9.17, 15) is 14.4 Å². The predicted octanol–water partition coefficient (Wildman–Crippen LogP) is 2.09. The predicted molar refractivity (Wildman–Crippen MR) is 138 cm³/mol. The molecule has 1 unspecified atom stereocenters. The highest BCUT2D eigenvalue weighted by molar-refractivity contribution is 5.95. The Bertz CT molecular complexity index is 922. The molecule has 0 radical (unpaired) electrons. The van der Waals surface area contributed by atoms with Gasteiger partial charge in [0.15, 0.2) is 0 Å². The summed E-state index contributed by atoms with van der Waals surface area (Å²) in [7, 11) is 0. The summed E-state index contributed by atoms with van der Waals surface area (Å²) >= 11 is 0. The molecule has 3 aliphatic heterocycles. The summed E-state index contributed by atoms with van der Waals surface area (Å²) in [5, 5.41) is 3.05. The second kappa shape index (κ2) is 11.7. The van der Waals surface area contributed by atoms with Gasteiger partial charge in [0, 0.05) is 57.4 Å². The number of nitrogens with one attached hydrogen (secondary N) is 1. The average molecular weight is 496 g/mol. The Balaban J connectivity index is 1.00. The molecular formula is C28H41N5O3. The highest BCUT2D eigenvalue weighted by atomic mass is 16.2. The normalized spacial score (nSPS) is 24.3. The Morgan fingerprint density at radius 1 is 0.889 bits per heavy atom. The van der Waals surface area contributed by atoms with Crippen LogP contribution in [0.25, 0.3) is 0 Å². The molecule has 196 valence electrons. The van der Waals surface area contributed by atoms with Crippen molar-refractivity contribution in [2.75, 3.05) is 52.4 Å². The van der Waals surface area contributed by atoms with Crippen LogP contribution in [-0.2, 0) is 16.1 Å². The van der Waals surface area contributed by atoms with Crippen molar-refractivity contribution in [3.63, 3.8) is 0 Å². The number of carbonyl (C=O) groups is 3. The summed E-state index contributed by atoms with van der Waals surface area (Å²) in [6.07, 6.45) is 9.57. The fourth-order valence-electron chi connectivity index (χ4n) is 6.39. The van der Waals surface area contributed by atoms with Gasteiger partial charge in [-0.25, -0.2) is 0 Å². The Labute approximate surface area is 215 Å². The van der Waals surface area contributed by atoms with E-state index in [2.05, 4.69) is 15.1 Å². The van der Waals surface area contributed by atoms with Crippen LogP contribution in [0.2, 0.25) is 0 Å². The molecular weight excluding hydrogens is 454 g/mol. The van der Waals surface area contributed by atoms with E-state index in [0.29, 0.717) is 25.2 Å². The Morgan fingerprint density at radius 2 is 1.64 bits per heavy atom. The number of nitrogens with zero attached hydrogens (tertiary/aromatic N) is 4. The lowest BCUT2D eigenvalue weighted by atomic mass is 9.94. The molecule has 1 aromatic rings. The first kappa shape index (κ1) is 25.2. The van der Waals surface area contributed by atoms with Crippen LogP contribution in [0, 0.1) is 0 Å². The summed E-state index contributed by atoms with van der Waals surface area (Å²) in [6, 6.07) is 7.93. The van der Waals surface area contributed by atoms with Crippen LogP contribution >= 0.6 is 0 Å². The molecule has 3 amide bonds. The fourth-order valence-corrected chi connectivity index (χ4v) is 6.39. The number of fused-ring (bicyclic) bond motifs is 1. The van der Waals surface area contributed by atoms with Crippen LogP contribution in [-0.4, -0.2) is 102 Å². The third-order valence-corrected chi connectivity index (χ3v) is 8.52. The maximum Gasteiger partial charge on any atom is 0.251 e. The zero-order valence-corrected chi connectivity index (χ0v) is 21.5. The molecule has 1 atom stereocenters. The van der Waals surface area contributed by atoms with Crippen molar-refractivity contribution in [1.82, 2.24) is 24.9 Å². The summed E-state index contributed by atoms with van der Waals surface area (Å²) in [6.45, 7) is 7.58. The molecule has 4 aliphatic rings. The molecule has 36 heavy (non-hydrogen) atoms. The van der Waals surface area contributed by atoms with Crippen LogP contribution in [0.1, 0.15) is 67.3 Å². The fraction of sp³-hybridized carbons (Fsp3) is 0.679. The van der Waals surface area contributed by atoms with E-state index in [4.69, 9.17) is 0 Å². The third-order valence-electron chi connectivity index (χ3n) is 8.52. The van der Waals surface area contributed by atoms with Gasteiger partial charge in [0.05, 0.1) is 0 Å². The first-order valence-electron chi connectivity index (χ1n) is 14.0. The second-order valence-electron chi connectivity index (χ2n) is 10.9. The zero-order chi connectivity index (χ0) is 24.9. The van der Waals surface area contributed by atoms with Crippen LogP contribution in [0.3, 0.4) is 0 Å². The molecule has 1 aromatic carbocycles. The number of benzene rings is 1. The molecule has 0 bridgehead atoms. The topological polar surface area (TPSA) is 76.2 Å². The first-order valence-corrected chi connectivity index (χ1v) is 14.0. The Hall–Kier alpha value is -2.45. The van der Waals surface area contributed by atoms with E-state index in [-0.39, 0.29) is 30.3 Å². The van der Waals surface area contributed by atoms with Gasteiger partial charge in [-0.05, 0) is 56.3 Å². The van der Waals surface area contributed by atoms with Crippen LogP contribution in [0.15, 0.2) is 24.3 Å². The van der Waals surface area contributed by atoms with Crippen LogP contribution < -0.4 is 5.32 Å². The minimum Gasteiger partial charge on any atom is -0.352 e. The lowest BCUT2D eigenvalue weighted by molar-refractivity contribution is -0.154. The van der Waals surface area contributed by atoms with E-state index < -0.39 is 0 Å². The number of rotatable bonds is 8. The van der Waals surface area contributed by atoms with Crippen LogP contribution in [0.4, 0.5) is 0 Å². The SMILES string of the molecule is O=C(NCCCN1CCN(C2CCCCC2)CC1)c1ccc(CN2CC(=O)N3CCCC3C2=O)cc1. The summed E-state index contributed by atoms with van der Waals surface area (Å²) in [5.41, 5.74) is 1.56. The molecule has 8 heteroatoms. The lowest BCUT2D eigenvalue weighted by Gasteiger charge is -2.40. The van der Waals surface area contributed by atoms with Gasteiger partial charge in [-0.1, -0.05) is 31.4 Å². The van der Waals surface area contributed by atoms with Crippen molar-refractivity contribution >= 4 is 17.7 Å². The van der Waals surface area contributed by atoms with Crippen LogP contribution in [0.5, 0.6) is 0 Å². The molecule has 3 saturated heterocycles. The van der Waals surface area contributed by atoms with Gasteiger partial charge in [-0.3, -0.25) is 19.3 Å². The van der Waals surface area contributed by atoms with Crippen molar-refractivity contribution in [3.8, 4) is 0 Å². The van der Waals surface area contributed by atoms with E-state index in [1.165, 1.54) is 45.2 Å². The van der Waals surface area contributed by atoms with Crippen molar-refractivity contribution in [3.05, 3.63) is 35.4 Å². The van der Waals surface area contributed by atoms with Gasteiger partial charge in [0.25, 0.3) is 5.91 Å². The molecule has 3 heterocycles. The molecule has 1 aliphatic carbocycles. The Morgan fingerprint density at radius 3 is 2.39 bits per heavy atom. The highest BCUT2D eigenvalue weighted by Crippen LogP contribution is 2.25. The standard InChI is InChI=1S/C28H41N5O3/c34-26-21-32(28(36)25-8-4-15-33(25)26)20-22-9-11-23(12-10-22)27(35)29-13-5-14-30-16-18-31(19-17-30)24-6-2-1-3-7-24/h9-12,24-25H,1-8,13-21H2,(H,29,35). The average Bonchev–Trinajstić information content (AvgIpc) is 3.42. The van der Waals surface area contributed by atoms with Gasteiger partial charge in [-0.15, -0.1) is 0 Å². The van der Waals surface area contributed by atoms with E-state index >= 15 is 0 Å². The maximum absolute atomic E-state index is 12.7. The number of carbonyl (C=O) groups excluding carboxylic acids is 3. The molecule has 8 nitrogen and oxygen atoms in total. The summed E-state index contributed by atoms with van der Waals surface area (Å²) in [4.78, 5) is 46.3. The third kappa shape index (κ3) is 5.92. The minimum absolute atomic E-state index is 0.0409. The zero-order valence-electron chi connectivity index (χ0n) is 21.5. The molecule has 4 fully saturated rings. The Kier molecular flexibility index (Phi) is 8.22. The van der Waals surface area contributed by atoms with E-state index in [1.54, 1.807) is 9.80 Å². The van der Waals surface area contributed by atoms with E-state index in [0.717, 1.165) is 50.5 Å². The number of piperazine rings is 2. The molecule has 1 saturated carbocycles. The maximum atomic E-state index is 12.7. The van der Waals surface area contributed by atoms with Crippen molar-refractivity contribution in [2.24, 2.45) is 0 Å². The van der Waals surface area contributed by atoms with Gasteiger partial charge < -0.3 is 20.0 Å². The molecule has 5 rings (SSSR count). The van der Waals surface area contributed by atoms with Crippen molar-refractivity contribution < 1.29 is 14.4 Å². The van der Waals surface area contributed by atoms with Crippen molar-refractivity contribution in [1.29, 1.82) is 0 Å². The van der Waals surface area contributed by atoms with Crippen molar-refractivity contribution in [2.45, 2.75) is 70.0 Å². The quantitative estimate of drug-likeness (QED) is 0.559. The molecule has 1 N–H and O–H groups in total. The summed E-state index contributed by atoms with van der Waals surface area (Å²) < 4.78 is 0.